The third kappa shape index (κ3) is 6.28. The van der Waals surface area contributed by atoms with Crippen molar-refractivity contribution in [1.29, 1.82) is 0 Å². The Morgan fingerprint density at radius 2 is 1.61 bits per heavy atom. The number of carbonyl (C=O) groups is 1. The van der Waals surface area contributed by atoms with Gasteiger partial charge in [0, 0.05) is 23.8 Å². The number of aliphatic carboxylic acids is 1. The third-order valence-corrected chi connectivity index (χ3v) is 5.82. The Kier molecular flexibility index (Phi) is 8.13. The monoisotopic (exact) mass is 507 g/mol. The fourth-order valence-electron chi connectivity index (χ4n) is 3.71. The molecule has 1 aliphatic rings. The van der Waals surface area contributed by atoms with Gasteiger partial charge in [0.1, 0.15) is 5.82 Å². The van der Waals surface area contributed by atoms with Crippen molar-refractivity contribution in [3.8, 4) is 11.1 Å². The molecule has 11 heteroatoms. The smallest absolute Gasteiger partial charge is 0.475 e. The van der Waals surface area contributed by atoms with Crippen LogP contribution in [-0.4, -0.2) is 26.4 Å². The standard InChI is InChI=1S/C23H24FN3O2.C2HF3O2/c1-15-21(18-9-5-6-10-19(18)24)22(28)27(23(29)26(15)13-16-11-12-16)14-20(25)17-7-3-2-4-8-17;3-2(4,5)1(6)7/h2-10,16,20H,11-14,25H2,1H3;(H,6,7)/t20-;/m0./s1. The molecular formula is C25H25F4N3O4. The van der Waals surface area contributed by atoms with Crippen molar-refractivity contribution in [1.82, 2.24) is 9.13 Å². The van der Waals surface area contributed by atoms with Gasteiger partial charge in [-0.3, -0.25) is 13.9 Å². The maximum absolute atomic E-state index is 14.5. The van der Waals surface area contributed by atoms with Crippen LogP contribution in [0.3, 0.4) is 0 Å². The van der Waals surface area contributed by atoms with Gasteiger partial charge in [-0.25, -0.2) is 14.0 Å². The summed E-state index contributed by atoms with van der Waals surface area (Å²) in [6.45, 7) is 2.29. The summed E-state index contributed by atoms with van der Waals surface area (Å²) < 4.78 is 49.0. The Labute approximate surface area is 203 Å². The first kappa shape index (κ1) is 26.9. The van der Waals surface area contributed by atoms with Gasteiger partial charge in [-0.15, -0.1) is 0 Å². The van der Waals surface area contributed by atoms with Gasteiger partial charge in [-0.2, -0.15) is 13.2 Å². The second-order valence-electron chi connectivity index (χ2n) is 8.51. The number of nitrogens with zero attached hydrogens (tertiary/aromatic N) is 2. The molecule has 1 aliphatic carbocycles. The zero-order chi connectivity index (χ0) is 26.6. The van der Waals surface area contributed by atoms with Gasteiger partial charge < -0.3 is 10.8 Å². The lowest BCUT2D eigenvalue weighted by molar-refractivity contribution is -0.192. The lowest BCUT2D eigenvalue weighted by atomic mass is 10.0. The van der Waals surface area contributed by atoms with E-state index in [1.165, 1.54) is 6.07 Å². The average Bonchev–Trinajstić information content (AvgIpc) is 3.65. The van der Waals surface area contributed by atoms with Crippen LogP contribution in [-0.2, 0) is 17.9 Å². The van der Waals surface area contributed by atoms with E-state index in [1.54, 1.807) is 29.7 Å². The minimum atomic E-state index is -5.08. The summed E-state index contributed by atoms with van der Waals surface area (Å²) in [6, 6.07) is 15.0. The molecular weight excluding hydrogens is 482 g/mol. The fourth-order valence-corrected chi connectivity index (χ4v) is 3.71. The largest absolute Gasteiger partial charge is 0.490 e. The molecule has 4 rings (SSSR count). The summed E-state index contributed by atoms with van der Waals surface area (Å²) in [5.41, 5.74) is 7.19. The van der Waals surface area contributed by atoms with Crippen molar-refractivity contribution < 1.29 is 27.5 Å². The molecule has 0 radical (unpaired) electrons. The number of carboxylic acids is 1. The van der Waals surface area contributed by atoms with Gasteiger partial charge in [0.2, 0.25) is 0 Å². The highest BCUT2D eigenvalue weighted by Gasteiger charge is 2.38. The molecule has 192 valence electrons. The topological polar surface area (TPSA) is 107 Å². The average molecular weight is 507 g/mol. The number of nitrogens with two attached hydrogens (primary N) is 1. The van der Waals surface area contributed by atoms with Crippen LogP contribution >= 0.6 is 0 Å². The van der Waals surface area contributed by atoms with E-state index in [4.69, 9.17) is 15.6 Å². The van der Waals surface area contributed by atoms with Crippen LogP contribution in [0.15, 0.2) is 64.2 Å². The number of hydrogen-bond donors (Lipinski definition) is 2. The molecule has 36 heavy (non-hydrogen) atoms. The van der Waals surface area contributed by atoms with Crippen LogP contribution in [0.1, 0.15) is 30.1 Å². The lowest BCUT2D eigenvalue weighted by Gasteiger charge is -2.20. The highest BCUT2D eigenvalue weighted by Crippen LogP contribution is 2.31. The summed E-state index contributed by atoms with van der Waals surface area (Å²) >= 11 is 0. The van der Waals surface area contributed by atoms with Crippen molar-refractivity contribution in [2.75, 3.05) is 0 Å². The summed E-state index contributed by atoms with van der Waals surface area (Å²) in [6.07, 6.45) is -2.97. The highest BCUT2D eigenvalue weighted by atomic mass is 19.4. The molecule has 0 saturated heterocycles. The summed E-state index contributed by atoms with van der Waals surface area (Å²) in [4.78, 5) is 35.4. The number of alkyl halides is 3. The van der Waals surface area contributed by atoms with Crippen LogP contribution in [0.25, 0.3) is 11.1 Å². The van der Waals surface area contributed by atoms with Crippen LogP contribution < -0.4 is 17.0 Å². The number of aromatic nitrogens is 2. The fraction of sp³-hybridized carbons (Fsp3) is 0.320. The van der Waals surface area contributed by atoms with E-state index in [1.807, 2.05) is 30.3 Å². The highest BCUT2D eigenvalue weighted by molar-refractivity contribution is 5.73. The SMILES string of the molecule is Cc1c(-c2ccccc2F)c(=O)n(C[C@H](N)c2ccccc2)c(=O)n1CC1CC1.O=C(O)C(F)(F)F. The molecule has 1 fully saturated rings. The van der Waals surface area contributed by atoms with Gasteiger partial charge in [0.15, 0.2) is 0 Å². The second kappa shape index (κ2) is 10.9. The van der Waals surface area contributed by atoms with Crippen LogP contribution in [0.4, 0.5) is 17.6 Å². The second-order valence-corrected chi connectivity index (χ2v) is 8.51. The third-order valence-electron chi connectivity index (χ3n) is 5.82. The first-order valence-electron chi connectivity index (χ1n) is 11.1. The predicted molar refractivity (Wildman–Crippen MR) is 125 cm³/mol. The van der Waals surface area contributed by atoms with Crippen molar-refractivity contribution in [3.63, 3.8) is 0 Å². The quantitative estimate of drug-likeness (QED) is 0.493. The zero-order valence-corrected chi connectivity index (χ0v) is 19.3. The molecule has 3 N–H and O–H groups in total. The maximum Gasteiger partial charge on any atom is 0.490 e. The van der Waals surface area contributed by atoms with Gasteiger partial charge in [-0.1, -0.05) is 48.5 Å². The van der Waals surface area contributed by atoms with Gasteiger partial charge >= 0.3 is 17.8 Å². The van der Waals surface area contributed by atoms with Crippen molar-refractivity contribution >= 4 is 5.97 Å². The van der Waals surface area contributed by atoms with Gasteiger partial charge in [-0.05, 0) is 37.3 Å². The van der Waals surface area contributed by atoms with E-state index in [0.717, 1.165) is 23.0 Å². The first-order valence-corrected chi connectivity index (χ1v) is 11.1. The normalized spacial score (nSPS) is 14.1. The number of carboxylic acid groups (broad SMARTS) is 1. The van der Waals surface area contributed by atoms with Crippen LogP contribution in [0.5, 0.6) is 0 Å². The van der Waals surface area contributed by atoms with E-state index in [-0.39, 0.29) is 23.4 Å². The molecule has 1 heterocycles. The lowest BCUT2D eigenvalue weighted by Crippen LogP contribution is -2.44. The van der Waals surface area contributed by atoms with E-state index in [9.17, 15) is 27.2 Å². The van der Waals surface area contributed by atoms with E-state index in [2.05, 4.69) is 0 Å². The first-order chi connectivity index (χ1) is 16.9. The number of benzene rings is 2. The Balaban J connectivity index is 0.000000454. The zero-order valence-electron chi connectivity index (χ0n) is 19.3. The van der Waals surface area contributed by atoms with Crippen molar-refractivity contribution in [2.45, 2.75) is 45.1 Å². The van der Waals surface area contributed by atoms with Crippen molar-refractivity contribution in [2.24, 2.45) is 11.7 Å². The molecule has 0 unspecified atom stereocenters. The minimum absolute atomic E-state index is 0.0358. The Hall–Kier alpha value is -3.73. The molecule has 2 aromatic carbocycles. The molecule has 7 nitrogen and oxygen atoms in total. The van der Waals surface area contributed by atoms with E-state index >= 15 is 0 Å². The molecule has 3 aromatic rings. The van der Waals surface area contributed by atoms with E-state index < -0.39 is 29.6 Å². The maximum atomic E-state index is 14.5. The molecule has 0 aliphatic heterocycles. The molecule has 1 atom stereocenters. The molecule has 0 spiro atoms. The summed E-state index contributed by atoms with van der Waals surface area (Å²) in [5.74, 6) is -2.82. The number of hydrogen-bond acceptors (Lipinski definition) is 4. The Morgan fingerprint density at radius 3 is 2.14 bits per heavy atom. The molecule has 0 amide bonds. The van der Waals surface area contributed by atoms with Crippen molar-refractivity contribution in [3.05, 3.63) is 92.5 Å². The number of halogens is 4. The summed E-state index contributed by atoms with van der Waals surface area (Å²) in [5, 5.41) is 7.12. The molecule has 1 aromatic heterocycles. The van der Waals surface area contributed by atoms with Crippen LogP contribution in [0, 0.1) is 18.7 Å². The summed E-state index contributed by atoms with van der Waals surface area (Å²) in [7, 11) is 0. The van der Waals surface area contributed by atoms with Gasteiger partial charge in [0.05, 0.1) is 12.1 Å². The molecule has 1 saturated carbocycles. The Bertz CT molecular complexity index is 1350. The predicted octanol–water partition coefficient (Wildman–Crippen LogP) is 3.87. The number of rotatable bonds is 6. The minimum Gasteiger partial charge on any atom is -0.475 e. The Morgan fingerprint density at radius 1 is 1.06 bits per heavy atom. The molecule has 0 bridgehead atoms. The van der Waals surface area contributed by atoms with Crippen LogP contribution in [0.2, 0.25) is 0 Å². The van der Waals surface area contributed by atoms with E-state index in [0.29, 0.717) is 18.2 Å². The van der Waals surface area contributed by atoms with Gasteiger partial charge in [0.25, 0.3) is 5.56 Å².